The molecule has 2 heterocycles. The summed E-state index contributed by atoms with van der Waals surface area (Å²) in [5.74, 6) is 1.10. The largest absolute Gasteiger partial charge is 0.357 e. The summed E-state index contributed by atoms with van der Waals surface area (Å²) in [5, 5.41) is 1.19. The zero-order valence-corrected chi connectivity index (χ0v) is 9.89. The summed E-state index contributed by atoms with van der Waals surface area (Å²) in [6.07, 6.45) is 2.56. The number of anilines is 1. The van der Waals surface area contributed by atoms with Crippen LogP contribution in [0, 0.1) is 0 Å². The molecule has 1 aliphatic rings. The Morgan fingerprint density at radius 2 is 1.88 bits per heavy atom. The summed E-state index contributed by atoms with van der Waals surface area (Å²) >= 11 is 0. The summed E-state index contributed by atoms with van der Waals surface area (Å²) in [5.41, 5.74) is 7.86. The first-order valence-electron chi connectivity index (χ1n) is 6.21. The van der Waals surface area contributed by atoms with Gasteiger partial charge in [-0.3, -0.25) is 0 Å². The molecular formula is C14H17N3. The fourth-order valence-electron chi connectivity index (χ4n) is 2.40. The Labute approximate surface area is 101 Å². The molecule has 17 heavy (non-hydrogen) atoms. The van der Waals surface area contributed by atoms with E-state index in [1.807, 2.05) is 0 Å². The molecular weight excluding hydrogens is 210 g/mol. The van der Waals surface area contributed by atoms with Crippen LogP contribution in [0.5, 0.6) is 0 Å². The minimum absolute atomic E-state index is 0.575. The summed E-state index contributed by atoms with van der Waals surface area (Å²) in [7, 11) is 0. The first-order chi connectivity index (χ1) is 8.36. The molecule has 0 bridgehead atoms. The Balaban J connectivity index is 2.03. The molecule has 3 heteroatoms. The fourth-order valence-corrected chi connectivity index (χ4v) is 2.40. The van der Waals surface area contributed by atoms with E-state index < -0.39 is 0 Å². The number of nitrogens with two attached hydrogens (primary N) is 1. The Kier molecular flexibility index (Phi) is 2.69. The standard InChI is InChI=1S/C14H17N3/c15-10-11-3-4-12-5-6-14(16-13(12)9-11)17-7-1-2-8-17/h3-6,9H,1-2,7-8,10,15H2. The normalized spacial score (nSPS) is 15.7. The van der Waals surface area contributed by atoms with E-state index in [1.165, 1.54) is 18.2 Å². The Morgan fingerprint density at radius 1 is 1.12 bits per heavy atom. The third-order valence-corrected chi connectivity index (χ3v) is 3.41. The van der Waals surface area contributed by atoms with E-state index >= 15 is 0 Å². The monoisotopic (exact) mass is 227 g/mol. The number of rotatable bonds is 2. The average molecular weight is 227 g/mol. The van der Waals surface area contributed by atoms with Crippen molar-refractivity contribution in [2.75, 3.05) is 18.0 Å². The van der Waals surface area contributed by atoms with Gasteiger partial charge in [0.05, 0.1) is 5.52 Å². The maximum Gasteiger partial charge on any atom is 0.129 e. The van der Waals surface area contributed by atoms with Crippen LogP contribution in [-0.4, -0.2) is 18.1 Å². The summed E-state index contributed by atoms with van der Waals surface area (Å²) in [6.45, 7) is 2.84. The number of fused-ring (bicyclic) bond motifs is 1. The second-order valence-electron chi connectivity index (χ2n) is 4.59. The third kappa shape index (κ3) is 1.98. The van der Waals surface area contributed by atoms with E-state index in [2.05, 4.69) is 35.2 Å². The lowest BCUT2D eigenvalue weighted by Gasteiger charge is -2.16. The Hall–Kier alpha value is -1.61. The molecule has 0 aliphatic carbocycles. The summed E-state index contributed by atoms with van der Waals surface area (Å²) in [4.78, 5) is 7.09. The maximum atomic E-state index is 5.66. The lowest BCUT2D eigenvalue weighted by molar-refractivity contribution is 0.943. The van der Waals surface area contributed by atoms with Crippen molar-refractivity contribution in [2.24, 2.45) is 5.73 Å². The molecule has 2 N–H and O–H groups in total. The number of hydrogen-bond acceptors (Lipinski definition) is 3. The molecule has 1 aliphatic heterocycles. The van der Waals surface area contributed by atoms with E-state index in [1.54, 1.807) is 0 Å². The van der Waals surface area contributed by atoms with Gasteiger partial charge >= 0.3 is 0 Å². The molecule has 2 aromatic rings. The highest BCUT2D eigenvalue weighted by molar-refractivity contribution is 5.81. The molecule has 3 rings (SSSR count). The van der Waals surface area contributed by atoms with Gasteiger partial charge < -0.3 is 10.6 Å². The van der Waals surface area contributed by atoms with E-state index in [0.29, 0.717) is 6.54 Å². The van der Waals surface area contributed by atoms with Gasteiger partial charge in [0.1, 0.15) is 5.82 Å². The number of aromatic nitrogens is 1. The molecule has 0 unspecified atom stereocenters. The Bertz CT molecular complexity index is 530. The van der Waals surface area contributed by atoms with Crippen molar-refractivity contribution in [1.82, 2.24) is 4.98 Å². The Morgan fingerprint density at radius 3 is 2.65 bits per heavy atom. The first kappa shape index (κ1) is 10.5. The molecule has 1 aromatic carbocycles. The summed E-state index contributed by atoms with van der Waals surface area (Å²) in [6, 6.07) is 10.5. The lowest BCUT2D eigenvalue weighted by Crippen LogP contribution is -2.18. The second-order valence-corrected chi connectivity index (χ2v) is 4.59. The van der Waals surface area contributed by atoms with Crippen molar-refractivity contribution < 1.29 is 0 Å². The molecule has 88 valence electrons. The van der Waals surface area contributed by atoms with Crippen molar-refractivity contribution in [3.63, 3.8) is 0 Å². The predicted octanol–water partition coefficient (Wildman–Crippen LogP) is 2.29. The van der Waals surface area contributed by atoms with Gasteiger partial charge in [0.25, 0.3) is 0 Å². The third-order valence-electron chi connectivity index (χ3n) is 3.41. The van der Waals surface area contributed by atoms with Gasteiger partial charge in [-0.25, -0.2) is 4.98 Å². The smallest absolute Gasteiger partial charge is 0.129 e. The van der Waals surface area contributed by atoms with Gasteiger partial charge in [0.2, 0.25) is 0 Å². The minimum Gasteiger partial charge on any atom is -0.357 e. The van der Waals surface area contributed by atoms with Crippen LogP contribution in [0.3, 0.4) is 0 Å². The minimum atomic E-state index is 0.575. The molecule has 3 nitrogen and oxygen atoms in total. The van der Waals surface area contributed by atoms with Crippen LogP contribution >= 0.6 is 0 Å². The summed E-state index contributed by atoms with van der Waals surface area (Å²) < 4.78 is 0. The molecule has 0 atom stereocenters. The number of hydrogen-bond donors (Lipinski definition) is 1. The van der Waals surface area contributed by atoms with Crippen LogP contribution < -0.4 is 10.6 Å². The highest BCUT2D eigenvalue weighted by Gasteiger charge is 2.13. The van der Waals surface area contributed by atoms with Crippen LogP contribution in [0.2, 0.25) is 0 Å². The molecule has 1 fully saturated rings. The fraction of sp³-hybridized carbons (Fsp3) is 0.357. The van der Waals surface area contributed by atoms with Crippen molar-refractivity contribution in [3.8, 4) is 0 Å². The van der Waals surface area contributed by atoms with Crippen molar-refractivity contribution in [2.45, 2.75) is 19.4 Å². The zero-order valence-electron chi connectivity index (χ0n) is 9.89. The second kappa shape index (κ2) is 4.34. The number of pyridine rings is 1. The topological polar surface area (TPSA) is 42.1 Å². The number of benzene rings is 1. The van der Waals surface area contributed by atoms with Gasteiger partial charge in [0.15, 0.2) is 0 Å². The van der Waals surface area contributed by atoms with Crippen molar-refractivity contribution in [3.05, 3.63) is 35.9 Å². The van der Waals surface area contributed by atoms with Crippen LogP contribution in [0.1, 0.15) is 18.4 Å². The SMILES string of the molecule is NCc1ccc2ccc(N3CCCC3)nc2c1. The van der Waals surface area contributed by atoms with Crippen LogP contribution in [0.4, 0.5) is 5.82 Å². The van der Waals surface area contributed by atoms with Gasteiger partial charge in [-0.15, -0.1) is 0 Å². The zero-order chi connectivity index (χ0) is 11.7. The maximum absolute atomic E-state index is 5.66. The van der Waals surface area contributed by atoms with Gasteiger partial charge in [-0.2, -0.15) is 0 Å². The lowest BCUT2D eigenvalue weighted by atomic mass is 10.1. The van der Waals surface area contributed by atoms with Crippen molar-refractivity contribution >= 4 is 16.7 Å². The highest BCUT2D eigenvalue weighted by Crippen LogP contribution is 2.22. The van der Waals surface area contributed by atoms with E-state index in [9.17, 15) is 0 Å². The highest BCUT2D eigenvalue weighted by atomic mass is 15.2. The molecule has 0 spiro atoms. The van der Waals surface area contributed by atoms with Gasteiger partial charge in [0, 0.05) is 25.0 Å². The quantitative estimate of drug-likeness (QED) is 0.856. The van der Waals surface area contributed by atoms with Gasteiger partial charge in [-0.05, 0) is 36.6 Å². The first-order valence-corrected chi connectivity index (χ1v) is 6.21. The molecule has 0 amide bonds. The van der Waals surface area contributed by atoms with Gasteiger partial charge in [-0.1, -0.05) is 12.1 Å². The van der Waals surface area contributed by atoms with Crippen molar-refractivity contribution in [1.29, 1.82) is 0 Å². The van der Waals surface area contributed by atoms with E-state index in [-0.39, 0.29) is 0 Å². The van der Waals surface area contributed by atoms with Crippen LogP contribution in [0.15, 0.2) is 30.3 Å². The molecule has 0 radical (unpaired) electrons. The average Bonchev–Trinajstić information content (AvgIpc) is 2.91. The van der Waals surface area contributed by atoms with Crippen LogP contribution in [0.25, 0.3) is 10.9 Å². The predicted molar refractivity (Wildman–Crippen MR) is 71.1 cm³/mol. The molecule has 1 aromatic heterocycles. The van der Waals surface area contributed by atoms with E-state index in [0.717, 1.165) is 30.0 Å². The molecule has 0 saturated carbocycles. The van der Waals surface area contributed by atoms with E-state index in [4.69, 9.17) is 10.7 Å². The van der Waals surface area contributed by atoms with Crippen LogP contribution in [-0.2, 0) is 6.54 Å². The molecule has 1 saturated heterocycles. The number of nitrogens with zero attached hydrogens (tertiary/aromatic N) is 2.